The van der Waals surface area contributed by atoms with E-state index < -0.39 is 0 Å². The molecule has 2 unspecified atom stereocenters. The van der Waals surface area contributed by atoms with E-state index in [0.29, 0.717) is 5.02 Å². The molecule has 278 valence electrons. The predicted octanol–water partition coefficient (Wildman–Crippen LogP) is 14.7. The van der Waals surface area contributed by atoms with Gasteiger partial charge in [0.05, 0.1) is 16.1 Å². The van der Waals surface area contributed by atoms with Gasteiger partial charge in [0.25, 0.3) is 0 Å². The van der Waals surface area contributed by atoms with Crippen molar-refractivity contribution in [3.8, 4) is 0 Å². The van der Waals surface area contributed by atoms with Crippen molar-refractivity contribution < 1.29 is 0 Å². The first-order chi connectivity index (χ1) is 23.9. The average Bonchev–Trinajstić information content (AvgIpc) is 3.13. The summed E-state index contributed by atoms with van der Waals surface area (Å²) in [4.78, 5) is 0. The third kappa shape index (κ3) is 20.7. The van der Waals surface area contributed by atoms with Crippen LogP contribution in [0, 0.1) is 6.92 Å². The van der Waals surface area contributed by atoms with Crippen LogP contribution in [0.2, 0.25) is 10.0 Å². The summed E-state index contributed by atoms with van der Waals surface area (Å²) in [7, 11) is 0. The van der Waals surface area contributed by atoms with Crippen LogP contribution in [0.25, 0.3) is 5.70 Å². The van der Waals surface area contributed by atoms with Gasteiger partial charge >= 0.3 is 0 Å². The molecule has 0 fully saturated rings. The van der Waals surface area contributed by atoms with Gasteiger partial charge < -0.3 is 10.6 Å². The van der Waals surface area contributed by atoms with E-state index in [0.717, 1.165) is 65.4 Å². The van der Waals surface area contributed by atoms with E-state index in [9.17, 15) is 0 Å². The number of rotatable bonds is 15. The lowest BCUT2D eigenvalue weighted by Gasteiger charge is -2.29. The Kier molecular flexibility index (Phi) is 35.8. The number of benzene rings is 2. The highest BCUT2D eigenvalue weighted by Crippen LogP contribution is 2.37. The Balaban J connectivity index is -0.000000422. The van der Waals surface area contributed by atoms with Crippen LogP contribution >= 0.6 is 23.2 Å². The quantitative estimate of drug-likeness (QED) is 0.141. The summed E-state index contributed by atoms with van der Waals surface area (Å²) >= 11 is 13.5. The molecule has 0 aromatic heterocycles. The molecule has 2 atom stereocenters. The van der Waals surface area contributed by atoms with Crippen LogP contribution < -0.4 is 10.6 Å². The van der Waals surface area contributed by atoms with Gasteiger partial charge in [-0.15, -0.1) is 39.5 Å². The Labute approximate surface area is 319 Å². The van der Waals surface area contributed by atoms with Crippen LogP contribution in [0.15, 0.2) is 137 Å². The smallest absolute Gasteiger partial charge is 0.0548 e. The van der Waals surface area contributed by atoms with Gasteiger partial charge in [0, 0.05) is 29.4 Å². The highest BCUT2D eigenvalue weighted by atomic mass is 35.5. The van der Waals surface area contributed by atoms with Crippen LogP contribution in [0.4, 0.5) is 0 Å². The van der Waals surface area contributed by atoms with Crippen LogP contribution in [0.5, 0.6) is 0 Å². The van der Waals surface area contributed by atoms with Gasteiger partial charge in [0.15, 0.2) is 0 Å². The molecule has 0 amide bonds. The van der Waals surface area contributed by atoms with Gasteiger partial charge in [-0.05, 0) is 68.4 Å². The molecular weight excluding hydrogens is 651 g/mol. The van der Waals surface area contributed by atoms with Crippen molar-refractivity contribution in [3.63, 3.8) is 0 Å². The Morgan fingerprint density at radius 3 is 1.88 bits per heavy atom. The van der Waals surface area contributed by atoms with Gasteiger partial charge in [-0.25, -0.2) is 0 Å². The van der Waals surface area contributed by atoms with Gasteiger partial charge in [0.1, 0.15) is 0 Å². The molecule has 0 saturated carbocycles. The molecule has 2 nitrogen and oxygen atoms in total. The Morgan fingerprint density at radius 1 is 0.860 bits per heavy atom. The van der Waals surface area contributed by atoms with Crippen molar-refractivity contribution in [2.45, 2.75) is 100.0 Å². The Hall–Kier alpha value is -3.72. The highest BCUT2D eigenvalue weighted by molar-refractivity contribution is 6.38. The van der Waals surface area contributed by atoms with Crippen LogP contribution in [-0.2, 0) is 12.8 Å². The third-order valence-corrected chi connectivity index (χ3v) is 7.81. The standard InChI is InChI=1S/C26H33Cl2N.C12H19N.C2H6.3C2H4/c1-8-11-22-20(9-2)15-23(27)24(25(22)28)19(7)29-26(16(3)4)18(6)21-13-10-12-17(5)14-21;1-5-6-7-8-9-10-13-12(4)11(2)3;4*1-2/h10,12-15,18,26,29H,3,7-9,11H2,1-2,4-6H3;6-9,13H,2,4-5,10H2,1,3H3;1-2H3;3*1-2H2/b;7-6-,9-8-;;;;. The van der Waals surface area contributed by atoms with Gasteiger partial charge in [-0.2, -0.15) is 0 Å². The van der Waals surface area contributed by atoms with Crippen molar-refractivity contribution >= 4 is 28.9 Å². The number of hydrogen-bond acceptors (Lipinski definition) is 2. The molecule has 0 radical (unpaired) electrons. The second kappa shape index (κ2) is 33.8. The first kappa shape index (κ1) is 53.1. The van der Waals surface area contributed by atoms with E-state index in [1.807, 2.05) is 45.9 Å². The van der Waals surface area contributed by atoms with Crippen LogP contribution in [0.1, 0.15) is 102 Å². The zero-order chi connectivity index (χ0) is 39.8. The van der Waals surface area contributed by atoms with E-state index in [1.54, 1.807) is 0 Å². The fourth-order valence-corrected chi connectivity index (χ4v) is 5.42. The molecule has 0 aliphatic heterocycles. The number of aryl methyl sites for hydroxylation is 2. The minimum Gasteiger partial charge on any atom is -0.382 e. The molecule has 2 N–H and O–H groups in total. The topological polar surface area (TPSA) is 24.1 Å². The van der Waals surface area contributed by atoms with Crippen molar-refractivity contribution in [1.29, 1.82) is 0 Å². The number of halogens is 2. The molecule has 2 aromatic carbocycles. The maximum absolute atomic E-state index is 6.84. The molecule has 0 bridgehead atoms. The molecule has 50 heavy (non-hydrogen) atoms. The average molecular weight is 722 g/mol. The number of allylic oxidation sites excluding steroid dienone is 4. The highest BCUT2D eigenvalue weighted by Gasteiger charge is 2.23. The van der Waals surface area contributed by atoms with Crippen molar-refractivity contribution in [1.82, 2.24) is 10.6 Å². The van der Waals surface area contributed by atoms with Gasteiger partial charge in [0.2, 0.25) is 0 Å². The first-order valence-corrected chi connectivity index (χ1v) is 18.2. The summed E-state index contributed by atoms with van der Waals surface area (Å²) in [6.45, 7) is 53.7. The predicted molar refractivity (Wildman–Crippen MR) is 236 cm³/mol. The lowest BCUT2D eigenvalue weighted by atomic mass is 9.88. The zero-order valence-electron chi connectivity index (χ0n) is 33.2. The monoisotopic (exact) mass is 720 g/mol. The maximum atomic E-state index is 6.84. The van der Waals surface area contributed by atoms with E-state index >= 15 is 0 Å². The minimum atomic E-state index is 0.0249. The fraction of sp³-hybridized carbons (Fsp3) is 0.348. The van der Waals surface area contributed by atoms with E-state index in [-0.39, 0.29) is 12.0 Å². The van der Waals surface area contributed by atoms with Crippen molar-refractivity contribution in [2.24, 2.45) is 0 Å². The van der Waals surface area contributed by atoms with Crippen LogP contribution in [-0.4, -0.2) is 12.6 Å². The summed E-state index contributed by atoms with van der Waals surface area (Å²) in [6.07, 6.45) is 12.2. The number of hydrogen-bond donors (Lipinski definition) is 2. The summed E-state index contributed by atoms with van der Waals surface area (Å²) in [5, 5.41) is 8.09. The lowest BCUT2D eigenvalue weighted by Crippen LogP contribution is -2.33. The molecular formula is C46H70Cl2N2. The molecule has 0 spiro atoms. The SMILES string of the molecule is C=C.C=C.C=C.C=C(C)C(=C)NC/C=C\C=C/CC.C=C(NC(C(=C)C)C(C)c1cccc(C)c1)c1c(Cl)cc(CC)c(CCC)c1Cl.CC. The van der Waals surface area contributed by atoms with Crippen LogP contribution in [0.3, 0.4) is 0 Å². The summed E-state index contributed by atoms with van der Waals surface area (Å²) in [5.74, 6) is 0.228. The largest absolute Gasteiger partial charge is 0.382 e. The van der Waals surface area contributed by atoms with E-state index in [1.165, 1.54) is 22.3 Å². The third-order valence-electron chi connectivity index (χ3n) is 7.09. The Morgan fingerprint density at radius 2 is 1.42 bits per heavy atom. The lowest BCUT2D eigenvalue weighted by molar-refractivity contribution is 0.575. The van der Waals surface area contributed by atoms with Crippen molar-refractivity contribution in [3.05, 3.63) is 175 Å². The molecule has 0 aliphatic rings. The first-order valence-electron chi connectivity index (χ1n) is 17.5. The molecule has 2 aromatic rings. The summed E-state index contributed by atoms with van der Waals surface area (Å²) in [5.41, 5.74) is 9.39. The fourth-order valence-electron chi connectivity index (χ4n) is 4.60. The normalized spacial score (nSPS) is 10.8. The molecule has 2 rings (SSSR count). The van der Waals surface area contributed by atoms with Gasteiger partial charge in [-0.3, -0.25) is 0 Å². The second-order valence-electron chi connectivity index (χ2n) is 10.8. The van der Waals surface area contributed by atoms with Gasteiger partial charge in [-0.1, -0.05) is 157 Å². The minimum absolute atomic E-state index is 0.0249. The second-order valence-corrected chi connectivity index (χ2v) is 11.6. The summed E-state index contributed by atoms with van der Waals surface area (Å²) < 4.78 is 0. The zero-order valence-corrected chi connectivity index (χ0v) is 34.7. The molecule has 0 heterocycles. The Bertz CT molecular complexity index is 1330. The van der Waals surface area contributed by atoms with Crippen molar-refractivity contribution in [2.75, 3.05) is 6.54 Å². The maximum Gasteiger partial charge on any atom is 0.0548 e. The molecule has 0 saturated heterocycles. The number of nitrogens with one attached hydrogen (secondary N) is 2. The van der Waals surface area contributed by atoms with E-state index in [4.69, 9.17) is 23.2 Å². The molecule has 4 heteroatoms. The molecule has 0 aliphatic carbocycles. The van der Waals surface area contributed by atoms with E-state index in [2.05, 4.69) is 147 Å². The summed E-state index contributed by atoms with van der Waals surface area (Å²) in [6, 6.07) is 10.7.